The van der Waals surface area contributed by atoms with Crippen LogP contribution in [0.2, 0.25) is 0 Å². The number of hydrogen-bond donors (Lipinski definition) is 0. The molecular weight excluding hydrogens is 307 g/mol. The molecule has 5 heteroatoms. The standard InChI is InChI=1S/C20H15BN4/c1-25-20(22-23-24-25)14-7-6-8-15(13-14)21-18-11-4-2-9-16(18)17-10-3-5-12-19(17)21/h2-13H,1H3. The molecule has 0 atom stereocenters. The number of aromatic nitrogens is 4. The summed E-state index contributed by atoms with van der Waals surface area (Å²) in [6.07, 6.45) is 0. The largest absolute Gasteiger partial charge is 0.242 e. The summed E-state index contributed by atoms with van der Waals surface area (Å²) in [7, 11) is 1.86. The van der Waals surface area contributed by atoms with E-state index in [1.54, 1.807) is 4.68 Å². The quantitative estimate of drug-likeness (QED) is 0.461. The first-order valence-corrected chi connectivity index (χ1v) is 8.34. The molecule has 5 rings (SSSR count). The second-order valence-electron chi connectivity index (χ2n) is 6.36. The van der Waals surface area contributed by atoms with Crippen LogP contribution in [0.15, 0.2) is 72.8 Å². The molecule has 4 nitrogen and oxygen atoms in total. The van der Waals surface area contributed by atoms with Crippen molar-refractivity contribution in [2.75, 3.05) is 0 Å². The van der Waals surface area contributed by atoms with Crippen LogP contribution in [-0.2, 0) is 7.05 Å². The molecule has 0 N–H and O–H groups in total. The lowest BCUT2D eigenvalue weighted by Gasteiger charge is -2.12. The third-order valence-electron chi connectivity index (χ3n) is 4.93. The van der Waals surface area contributed by atoms with Crippen LogP contribution in [0.4, 0.5) is 0 Å². The van der Waals surface area contributed by atoms with E-state index in [2.05, 4.69) is 88.3 Å². The average molecular weight is 322 g/mol. The third kappa shape index (κ3) is 2.13. The lowest BCUT2D eigenvalue weighted by Crippen LogP contribution is -2.48. The van der Waals surface area contributed by atoms with E-state index in [0.29, 0.717) is 0 Å². The van der Waals surface area contributed by atoms with E-state index in [4.69, 9.17) is 0 Å². The zero-order valence-electron chi connectivity index (χ0n) is 13.8. The van der Waals surface area contributed by atoms with Gasteiger partial charge in [-0.3, -0.25) is 0 Å². The van der Waals surface area contributed by atoms with Gasteiger partial charge in [0.25, 0.3) is 0 Å². The molecule has 0 aliphatic carbocycles. The van der Waals surface area contributed by atoms with Gasteiger partial charge < -0.3 is 0 Å². The highest BCUT2D eigenvalue weighted by Gasteiger charge is 2.32. The Morgan fingerprint density at radius 1 is 0.800 bits per heavy atom. The fraction of sp³-hybridized carbons (Fsp3) is 0.0500. The van der Waals surface area contributed by atoms with Crippen molar-refractivity contribution in [2.45, 2.75) is 0 Å². The van der Waals surface area contributed by atoms with Gasteiger partial charge in [0.15, 0.2) is 5.82 Å². The predicted octanol–water partition coefficient (Wildman–Crippen LogP) is 1.37. The molecule has 118 valence electrons. The minimum absolute atomic E-state index is 0.244. The van der Waals surface area contributed by atoms with Gasteiger partial charge in [0.05, 0.1) is 0 Å². The molecule has 0 saturated carbocycles. The molecular formula is C20H15BN4. The smallest absolute Gasteiger partial charge is 0.229 e. The summed E-state index contributed by atoms with van der Waals surface area (Å²) >= 11 is 0. The second kappa shape index (κ2) is 5.41. The van der Waals surface area contributed by atoms with Gasteiger partial charge in [0, 0.05) is 12.6 Å². The number of aryl methyl sites for hydroxylation is 1. The molecule has 3 aromatic carbocycles. The van der Waals surface area contributed by atoms with E-state index < -0.39 is 0 Å². The molecule has 1 aliphatic heterocycles. The van der Waals surface area contributed by atoms with Crippen LogP contribution in [0.25, 0.3) is 22.5 Å². The highest BCUT2D eigenvalue weighted by Crippen LogP contribution is 2.23. The van der Waals surface area contributed by atoms with Crippen LogP contribution in [0, 0.1) is 0 Å². The molecule has 0 unspecified atom stereocenters. The van der Waals surface area contributed by atoms with E-state index >= 15 is 0 Å². The van der Waals surface area contributed by atoms with Gasteiger partial charge in [-0.1, -0.05) is 89.2 Å². The Morgan fingerprint density at radius 2 is 1.48 bits per heavy atom. The minimum atomic E-state index is 0.244. The molecule has 1 aromatic heterocycles. The van der Waals surface area contributed by atoms with Crippen molar-refractivity contribution in [1.29, 1.82) is 0 Å². The Balaban J connectivity index is 1.71. The third-order valence-corrected chi connectivity index (χ3v) is 4.93. The van der Waals surface area contributed by atoms with E-state index in [0.717, 1.165) is 11.4 Å². The predicted molar refractivity (Wildman–Crippen MR) is 101 cm³/mol. The molecule has 0 fully saturated rings. The lowest BCUT2D eigenvalue weighted by molar-refractivity contribution is 0.715. The fourth-order valence-electron chi connectivity index (χ4n) is 3.85. The van der Waals surface area contributed by atoms with Gasteiger partial charge in [-0.15, -0.1) is 5.10 Å². The summed E-state index contributed by atoms with van der Waals surface area (Å²) in [5, 5.41) is 11.9. The van der Waals surface area contributed by atoms with E-state index in [1.807, 2.05) is 7.05 Å². The Labute approximate surface area is 146 Å². The Morgan fingerprint density at radius 3 is 2.12 bits per heavy atom. The molecule has 2 heterocycles. The van der Waals surface area contributed by atoms with Crippen molar-refractivity contribution < 1.29 is 0 Å². The highest BCUT2D eigenvalue weighted by molar-refractivity contribution is 6.99. The normalized spacial score (nSPS) is 12.1. The molecule has 0 saturated heterocycles. The number of fused-ring (bicyclic) bond motifs is 3. The van der Waals surface area contributed by atoms with Crippen LogP contribution in [0.3, 0.4) is 0 Å². The van der Waals surface area contributed by atoms with Crippen LogP contribution in [0.1, 0.15) is 0 Å². The molecule has 0 bridgehead atoms. The molecule has 0 spiro atoms. The Hall–Kier alpha value is -3.21. The SMILES string of the molecule is Cn1nnnc1-c1cccc(B2c3ccccc3-c3ccccc32)c1. The topological polar surface area (TPSA) is 43.6 Å². The summed E-state index contributed by atoms with van der Waals surface area (Å²) in [6.45, 7) is 0.244. The van der Waals surface area contributed by atoms with Crippen molar-refractivity contribution >= 4 is 23.1 Å². The molecule has 0 amide bonds. The first-order valence-electron chi connectivity index (χ1n) is 8.34. The summed E-state index contributed by atoms with van der Waals surface area (Å²) in [4.78, 5) is 0. The molecule has 1 aliphatic rings. The van der Waals surface area contributed by atoms with Crippen molar-refractivity contribution in [1.82, 2.24) is 20.2 Å². The fourth-order valence-corrected chi connectivity index (χ4v) is 3.85. The van der Waals surface area contributed by atoms with E-state index in [-0.39, 0.29) is 6.71 Å². The van der Waals surface area contributed by atoms with Gasteiger partial charge in [0.1, 0.15) is 0 Å². The van der Waals surface area contributed by atoms with Crippen LogP contribution in [0.5, 0.6) is 0 Å². The van der Waals surface area contributed by atoms with Gasteiger partial charge in [-0.25, -0.2) is 4.68 Å². The first kappa shape index (κ1) is 14.2. The zero-order valence-corrected chi connectivity index (χ0v) is 13.8. The maximum absolute atomic E-state index is 4.14. The van der Waals surface area contributed by atoms with Crippen LogP contribution in [-0.4, -0.2) is 26.9 Å². The molecule has 25 heavy (non-hydrogen) atoms. The van der Waals surface area contributed by atoms with Crippen molar-refractivity contribution in [3.05, 3.63) is 72.8 Å². The molecule has 4 aromatic rings. The van der Waals surface area contributed by atoms with Gasteiger partial charge in [0.2, 0.25) is 6.71 Å². The monoisotopic (exact) mass is 322 g/mol. The summed E-state index contributed by atoms with van der Waals surface area (Å²) in [6, 6.07) is 25.9. The second-order valence-corrected chi connectivity index (χ2v) is 6.36. The zero-order chi connectivity index (χ0) is 16.8. The Bertz CT molecular complexity index is 1040. The van der Waals surface area contributed by atoms with Crippen LogP contribution < -0.4 is 16.4 Å². The lowest BCUT2D eigenvalue weighted by atomic mass is 9.39. The summed E-state index contributed by atoms with van der Waals surface area (Å²) in [5.74, 6) is 0.779. The number of benzene rings is 3. The first-order chi connectivity index (χ1) is 12.3. The van der Waals surface area contributed by atoms with Crippen molar-refractivity contribution in [2.24, 2.45) is 7.05 Å². The number of nitrogens with zero attached hydrogens (tertiary/aromatic N) is 4. The molecule has 0 radical (unpaired) electrons. The van der Waals surface area contributed by atoms with Gasteiger partial charge >= 0.3 is 0 Å². The van der Waals surface area contributed by atoms with Crippen molar-refractivity contribution in [3.63, 3.8) is 0 Å². The highest BCUT2D eigenvalue weighted by atomic mass is 15.5. The van der Waals surface area contributed by atoms with Gasteiger partial charge in [-0.2, -0.15) is 0 Å². The van der Waals surface area contributed by atoms with E-state index in [9.17, 15) is 0 Å². The summed E-state index contributed by atoms with van der Waals surface area (Å²) in [5.41, 5.74) is 7.67. The van der Waals surface area contributed by atoms with Crippen molar-refractivity contribution in [3.8, 4) is 22.5 Å². The summed E-state index contributed by atoms with van der Waals surface area (Å²) < 4.78 is 1.70. The number of hydrogen-bond acceptors (Lipinski definition) is 3. The Kier molecular flexibility index (Phi) is 3.07. The maximum Gasteiger partial charge on any atom is 0.242 e. The number of tetrazole rings is 1. The van der Waals surface area contributed by atoms with E-state index in [1.165, 1.54) is 27.5 Å². The average Bonchev–Trinajstić information content (AvgIpc) is 3.23. The minimum Gasteiger partial charge on any atom is -0.229 e. The van der Waals surface area contributed by atoms with Gasteiger partial charge in [-0.05, 0) is 21.6 Å². The maximum atomic E-state index is 4.14. The number of rotatable bonds is 2. The van der Waals surface area contributed by atoms with Crippen LogP contribution >= 0.6 is 0 Å².